The first-order chi connectivity index (χ1) is 11.7. The van der Waals surface area contributed by atoms with Crippen molar-refractivity contribution in [2.45, 2.75) is 51.1 Å². The molecule has 1 N–H and O–H groups in total. The van der Waals surface area contributed by atoms with Crippen molar-refractivity contribution in [3.05, 3.63) is 18.7 Å². The predicted octanol–water partition coefficient (Wildman–Crippen LogP) is 2.18. The zero-order valence-electron chi connectivity index (χ0n) is 14.9. The van der Waals surface area contributed by atoms with Crippen molar-refractivity contribution in [1.29, 1.82) is 0 Å². The number of hydrogen-bond donors (Lipinski definition) is 1. The van der Waals surface area contributed by atoms with E-state index in [9.17, 15) is 4.79 Å². The number of nitrogens with one attached hydrogen (secondary N) is 1. The Morgan fingerprint density at radius 2 is 2.12 bits per heavy atom. The molecule has 0 radical (unpaired) electrons. The van der Waals surface area contributed by atoms with Gasteiger partial charge in [-0.25, -0.2) is 9.78 Å². The number of imidazole rings is 1. The smallest absolute Gasteiger partial charge is 0.317 e. The second kappa shape index (κ2) is 8.51. The maximum absolute atomic E-state index is 12.2. The average Bonchev–Trinajstić information content (AvgIpc) is 3.30. The van der Waals surface area contributed by atoms with Gasteiger partial charge in [0.15, 0.2) is 0 Å². The van der Waals surface area contributed by atoms with Gasteiger partial charge in [-0.15, -0.1) is 0 Å². The van der Waals surface area contributed by atoms with E-state index in [1.165, 1.54) is 45.1 Å². The highest BCUT2D eigenvalue weighted by Gasteiger charge is 2.29. The summed E-state index contributed by atoms with van der Waals surface area (Å²) in [6, 6.07) is 0.837. The van der Waals surface area contributed by atoms with Gasteiger partial charge < -0.3 is 19.7 Å². The highest BCUT2D eigenvalue weighted by molar-refractivity contribution is 5.73. The number of aromatic nitrogens is 2. The molecule has 24 heavy (non-hydrogen) atoms. The van der Waals surface area contributed by atoms with E-state index in [0.717, 1.165) is 25.7 Å². The summed E-state index contributed by atoms with van der Waals surface area (Å²) in [7, 11) is 1.86. The SMILES string of the molecule is CN(CCn1ccnc1)C(=O)NC[C@H]1CCN(C2CCCCC2)C1. The van der Waals surface area contributed by atoms with Crippen LogP contribution in [0.1, 0.15) is 38.5 Å². The molecule has 0 unspecified atom stereocenters. The van der Waals surface area contributed by atoms with Crippen molar-refractivity contribution in [3.63, 3.8) is 0 Å². The van der Waals surface area contributed by atoms with Crippen molar-refractivity contribution in [3.8, 4) is 0 Å². The number of urea groups is 1. The summed E-state index contributed by atoms with van der Waals surface area (Å²) < 4.78 is 1.99. The van der Waals surface area contributed by atoms with Crippen molar-refractivity contribution in [2.75, 3.05) is 33.2 Å². The minimum Gasteiger partial charge on any atom is -0.338 e. The van der Waals surface area contributed by atoms with Crippen LogP contribution in [0.5, 0.6) is 0 Å². The van der Waals surface area contributed by atoms with E-state index >= 15 is 0 Å². The highest BCUT2D eigenvalue weighted by atomic mass is 16.2. The number of rotatable bonds is 6. The molecule has 0 aromatic carbocycles. The first kappa shape index (κ1) is 17.3. The summed E-state index contributed by atoms with van der Waals surface area (Å²) in [4.78, 5) is 20.7. The van der Waals surface area contributed by atoms with Crippen LogP contribution < -0.4 is 5.32 Å². The molecule has 2 amide bonds. The largest absolute Gasteiger partial charge is 0.338 e. The number of carbonyl (C=O) groups excluding carboxylic acids is 1. The number of likely N-dealkylation sites (tertiary alicyclic amines) is 1. The molecular formula is C18H31N5O. The molecule has 1 aliphatic heterocycles. The van der Waals surface area contributed by atoms with E-state index in [2.05, 4.69) is 15.2 Å². The molecule has 0 bridgehead atoms. The Morgan fingerprint density at radius 3 is 2.88 bits per heavy atom. The zero-order valence-corrected chi connectivity index (χ0v) is 14.9. The molecule has 1 aromatic rings. The second-order valence-electron chi connectivity index (χ2n) is 7.35. The first-order valence-electron chi connectivity index (χ1n) is 9.41. The fourth-order valence-electron chi connectivity index (χ4n) is 3.96. The standard InChI is InChI=1S/C18H31N5O/c1-21(11-12-22-10-8-19-15-22)18(24)20-13-16-7-9-23(14-16)17-5-3-2-4-6-17/h8,10,15-17H,2-7,9,11-14H2,1H3,(H,20,24)/t16-/m1/s1. The van der Waals surface area contributed by atoms with Crippen LogP contribution in [0.25, 0.3) is 0 Å². The lowest BCUT2D eigenvalue weighted by Gasteiger charge is -2.31. The van der Waals surface area contributed by atoms with Crippen LogP contribution >= 0.6 is 0 Å². The molecule has 1 saturated carbocycles. The minimum absolute atomic E-state index is 0.0335. The van der Waals surface area contributed by atoms with Crippen molar-refractivity contribution < 1.29 is 4.79 Å². The molecule has 2 heterocycles. The molecule has 2 aliphatic rings. The van der Waals surface area contributed by atoms with Gasteiger partial charge in [0.05, 0.1) is 6.33 Å². The maximum atomic E-state index is 12.2. The molecule has 0 spiro atoms. The molecule has 6 heteroatoms. The number of likely N-dealkylation sites (N-methyl/N-ethyl adjacent to an activating group) is 1. The Labute approximate surface area is 145 Å². The van der Waals surface area contributed by atoms with E-state index in [4.69, 9.17) is 0 Å². The summed E-state index contributed by atoms with van der Waals surface area (Å²) in [6.45, 7) is 4.65. The Hall–Kier alpha value is -1.56. The normalized spacial score (nSPS) is 22.6. The quantitative estimate of drug-likeness (QED) is 0.868. The summed E-state index contributed by atoms with van der Waals surface area (Å²) in [6.07, 6.45) is 13.6. The lowest BCUT2D eigenvalue weighted by atomic mass is 9.94. The summed E-state index contributed by atoms with van der Waals surface area (Å²) in [5.74, 6) is 0.609. The fourth-order valence-corrected chi connectivity index (χ4v) is 3.96. The minimum atomic E-state index is 0.0335. The third-order valence-electron chi connectivity index (χ3n) is 5.55. The third-order valence-corrected chi connectivity index (χ3v) is 5.55. The summed E-state index contributed by atoms with van der Waals surface area (Å²) >= 11 is 0. The first-order valence-corrected chi connectivity index (χ1v) is 9.41. The zero-order chi connectivity index (χ0) is 16.8. The van der Waals surface area contributed by atoms with Gasteiger partial charge in [-0.3, -0.25) is 0 Å². The van der Waals surface area contributed by atoms with Crippen LogP contribution in [0.2, 0.25) is 0 Å². The Kier molecular flexibility index (Phi) is 6.12. The summed E-state index contributed by atoms with van der Waals surface area (Å²) in [5, 5.41) is 3.11. The molecule has 134 valence electrons. The molecule has 1 atom stereocenters. The molecule has 3 rings (SSSR count). The molecule has 1 saturated heterocycles. The van der Waals surface area contributed by atoms with Crippen LogP contribution in [0, 0.1) is 5.92 Å². The van der Waals surface area contributed by atoms with Gasteiger partial charge in [0, 0.05) is 51.7 Å². The Bertz CT molecular complexity index is 498. The molecule has 1 aromatic heterocycles. The van der Waals surface area contributed by atoms with Crippen LogP contribution in [0.15, 0.2) is 18.7 Å². The average molecular weight is 333 g/mol. The van der Waals surface area contributed by atoms with Gasteiger partial charge in [0.2, 0.25) is 0 Å². The second-order valence-corrected chi connectivity index (χ2v) is 7.35. The lowest BCUT2D eigenvalue weighted by molar-refractivity contribution is 0.183. The Morgan fingerprint density at radius 1 is 1.29 bits per heavy atom. The van der Waals surface area contributed by atoms with Crippen molar-refractivity contribution in [2.24, 2.45) is 5.92 Å². The maximum Gasteiger partial charge on any atom is 0.317 e. The van der Waals surface area contributed by atoms with E-state index in [-0.39, 0.29) is 6.03 Å². The van der Waals surface area contributed by atoms with Gasteiger partial charge in [0.1, 0.15) is 0 Å². The monoisotopic (exact) mass is 333 g/mol. The number of amides is 2. The molecular weight excluding hydrogens is 302 g/mol. The van der Waals surface area contributed by atoms with Gasteiger partial charge in [-0.05, 0) is 31.7 Å². The summed E-state index contributed by atoms with van der Waals surface area (Å²) in [5.41, 5.74) is 0. The van der Waals surface area contributed by atoms with Crippen molar-refractivity contribution in [1.82, 2.24) is 24.7 Å². The van der Waals surface area contributed by atoms with Crippen LogP contribution in [-0.4, -0.2) is 64.7 Å². The predicted molar refractivity (Wildman–Crippen MR) is 94.8 cm³/mol. The van der Waals surface area contributed by atoms with E-state index in [1.54, 1.807) is 17.4 Å². The molecule has 1 aliphatic carbocycles. The van der Waals surface area contributed by atoms with Gasteiger partial charge in [-0.2, -0.15) is 0 Å². The van der Waals surface area contributed by atoms with Gasteiger partial charge in [-0.1, -0.05) is 19.3 Å². The van der Waals surface area contributed by atoms with Gasteiger partial charge in [0.25, 0.3) is 0 Å². The Balaban J connectivity index is 1.34. The van der Waals surface area contributed by atoms with Crippen LogP contribution in [0.3, 0.4) is 0 Å². The number of carbonyl (C=O) groups is 1. The number of hydrogen-bond acceptors (Lipinski definition) is 3. The third kappa shape index (κ3) is 4.72. The van der Waals surface area contributed by atoms with Gasteiger partial charge >= 0.3 is 6.03 Å². The van der Waals surface area contributed by atoms with E-state index in [1.807, 2.05) is 17.8 Å². The van der Waals surface area contributed by atoms with Crippen LogP contribution in [0.4, 0.5) is 4.79 Å². The topological polar surface area (TPSA) is 53.4 Å². The van der Waals surface area contributed by atoms with E-state index in [0.29, 0.717) is 12.5 Å². The molecule has 6 nitrogen and oxygen atoms in total. The molecule has 2 fully saturated rings. The van der Waals surface area contributed by atoms with E-state index < -0.39 is 0 Å². The van der Waals surface area contributed by atoms with Crippen molar-refractivity contribution >= 4 is 6.03 Å². The van der Waals surface area contributed by atoms with Crippen LogP contribution in [-0.2, 0) is 6.54 Å². The fraction of sp³-hybridized carbons (Fsp3) is 0.778. The highest BCUT2D eigenvalue weighted by Crippen LogP contribution is 2.27. The lowest BCUT2D eigenvalue weighted by Crippen LogP contribution is -2.41. The number of nitrogens with zero attached hydrogens (tertiary/aromatic N) is 4.